The molecule has 0 aromatic carbocycles. The highest BCUT2D eigenvalue weighted by molar-refractivity contribution is 5.11. The van der Waals surface area contributed by atoms with Crippen LogP contribution in [0.15, 0.2) is 46.1 Å². The van der Waals surface area contributed by atoms with E-state index in [-0.39, 0.29) is 23.2 Å². The molecule has 2 heterocycles. The Morgan fingerprint density at radius 1 is 0.833 bits per heavy atom. The summed E-state index contributed by atoms with van der Waals surface area (Å²) >= 11 is 0. The summed E-state index contributed by atoms with van der Waals surface area (Å²) in [6.07, 6.45) is 4.15. The van der Waals surface area contributed by atoms with Gasteiger partial charge in [-0.2, -0.15) is 0 Å². The molecule has 30 heavy (non-hydrogen) atoms. The molecule has 168 valence electrons. The standard InChI is InChI=1S/C13H22N2O.C11H18N2O/c1-11(2)15-10-12(7-8-13(15)16)6-5-9-14(3)4;1-9(2)13-10(8-12(3)4)6-5-7-11(13)14/h7-8,10-11H,5-6,9H2,1-4H3;5-7,9H,8H2,1-4H3. The fourth-order valence-electron chi connectivity index (χ4n) is 3.28. The van der Waals surface area contributed by atoms with Crippen LogP contribution in [0.3, 0.4) is 0 Å². The van der Waals surface area contributed by atoms with Crippen LogP contribution in [0.25, 0.3) is 0 Å². The van der Waals surface area contributed by atoms with Gasteiger partial charge in [0.05, 0.1) is 0 Å². The molecule has 2 aromatic heterocycles. The Bertz CT molecular complexity index is 879. The van der Waals surface area contributed by atoms with Crippen molar-refractivity contribution in [1.82, 2.24) is 18.9 Å². The first-order valence-corrected chi connectivity index (χ1v) is 10.7. The molecular weight excluding hydrogens is 376 g/mol. The van der Waals surface area contributed by atoms with Crippen LogP contribution in [0, 0.1) is 0 Å². The summed E-state index contributed by atoms with van der Waals surface area (Å²) < 4.78 is 3.63. The lowest BCUT2D eigenvalue weighted by Crippen LogP contribution is -2.27. The topological polar surface area (TPSA) is 50.5 Å². The van der Waals surface area contributed by atoms with Crippen molar-refractivity contribution < 1.29 is 0 Å². The molecule has 2 rings (SSSR count). The predicted molar refractivity (Wildman–Crippen MR) is 126 cm³/mol. The van der Waals surface area contributed by atoms with Crippen molar-refractivity contribution in [3.63, 3.8) is 0 Å². The largest absolute Gasteiger partial charge is 0.313 e. The third-order valence-electron chi connectivity index (χ3n) is 4.70. The Hall–Kier alpha value is -2.18. The maximum absolute atomic E-state index is 11.6. The lowest BCUT2D eigenvalue weighted by Gasteiger charge is -2.18. The predicted octanol–water partition coefficient (Wildman–Crippen LogP) is 3.41. The first-order valence-electron chi connectivity index (χ1n) is 10.7. The first-order chi connectivity index (χ1) is 14.0. The Morgan fingerprint density at radius 3 is 2.03 bits per heavy atom. The van der Waals surface area contributed by atoms with E-state index in [9.17, 15) is 9.59 Å². The molecule has 0 saturated heterocycles. The number of hydrogen-bond donors (Lipinski definition) is 0. The van der Waals surface area contributed by atoms with Crippen molar-refractivity contribution in [2.24, 2.45) is 0 Å². The second-order valence-electron chi connectivity index (χ2n) is 8.84. The van der Waals surface area contributed by atoms with Crippen LogP contribution < -0.4 is 11.1 Å². The summed E-state index contributed by atoms with van der Waals surface area (Å²) in [5.74, 6) is 0. The van der Waals surface area contributed by atoms with Gasteiger partial charge in [-0.05, 0) is 86.9 Å². The molecule has 0 atom stereocenters. The van der Waals surface area contributed by atoms with E-state index in [1.807, 2.05) is 70.8 Å². The Labute approximate surface area is 181 Å². The van der Waals surface area contributed by atoms with E-state index in [0.29, 0.717) is 0 Å². The summed E-state index contributed by atoms with van der Waals surface area (Å²) in [6.45, 7) is 10.0. The number of pyridine rings is 2. The van der Waals surface area contributed by atoms with Crippen molar-refractivity contribution in [2.45, 2.75) is 59.2 Å². The second-order valence-corrected chi connectivity index (χ2v) is 8.84. The maximum Gasteiger partial charge on any atom is 0.250 e. The van der Waals surface area contributed by atoms with Gasteiger partial charge in [0.2, 0.25) is 0 Å². The van der Waals surface area contributed by atoms with Crippen molar-refractivity contribution in [3.8, 4) is 0 Å². The van der Waals surface area contributed by atoms with E-state index in [4.69, 9.17) is 0 Å². The highest BCUT2D eigenvalue weighted by Gasteiger charge is 2.07. The van der Waals surface area contributed by atoms with Crippen LogP contribution in [0.4, 0.5) is 0 Å². The minimum atomic E-state index is 0.0827. The Morgan fingerprint density at radius 2 is 1.50 bits per heavy atom. The summed E-state index contributed by atoms with van der Waals surface area (Å²) in [5.41, 5.74) is 2.48. The number of aryl methyl sites for hydroxylation is 1. The van der Waals surface area contributed by atoms with Crippen LogP contribution in [-0.2, 0) is 13.0 Å². The van der Waals surface area contributed by atoms with E-state index in [2.05, 4.69) is 23.9 Å². The van der Waals surface area contributed by atoms with E-state index in [1.165, 1.54) is 5.56 Å². The summed E-state index contributed by atoms with van der Waals surface area (Å²) in [4.78, 5) is 27.4. The fourth-order valence-corrected chi connectivity index (χ4v) is 3.28. The molecule has 0 saturated carbocycles. The van der Waals surface area contributed by atoms with Crippen LogP contribution in [0.2, 0.25) is 0 Å². The third-order valence-corrected chi connectivity index (χ3v) is 4.70. The van der Waals surface area contributed by atoms with Gasteiger partial charge in [-0.15, -0.1) is 0 Å². The zero-order valence-electron chi connectivity index (χ0n) is 20.1. The third kappa shape index (κ3) is 8.67. The van der Waals surface area contributed by atoms with Crippen molar-refractivity contribution in [1.29, 1.82) is 0 Å². The average Bonchev–Trinajstić information content (AvgIpc) is 2.62. The van der Waals surface area contributed by atoms with E-state index in [0.717, 1.165) is 31.6 Å². The van der Waals surface area contributed by atoms with Crippen LogP contribution in [0.1, 0.15) is 57.5 Å². The molecule has 0 radical (unpaired) electrons. The summed E-state index contributed by atoms with van der Waals surface area (Å²) in [7, 11) is 8.16. The average molecular weight is 417 g/mol. The number of hydrogen-bond acceptors (Lipinski definition) is 4. The highest BCUT2D eigenvalue weighted by atomic mass is 16.1. The lowest BCUT2D eigenvalue weighted by molar-refractivity contribution is 0.377. The van der Waals surface area contributed by atoms with Crippen molar-refractivity contribution in [2.75, 3.05) is 34.7 Å². The minimum absolute atomic E-state index is 0.0827. The Kier molecular flexibility index (Phi) is 10.8. The SMILES string of the molecule is CC(C)n1c(CN(C)C)cccc1=O.CC(C)n1cc(CCCN(C)C)ccc1=O. The van der Waals surface area contributed by atoms with Crippen LogP contribution in [0.5, 0.6) is 0 Å². The van der Waals surface area contributed by atoms with E-state index in [1.54, 1.807) is 16.7 Å². The van der Waals surface area contributed by atoms with Gasteiger partial charge in [0, 0.05) is 42.7 Å². The minimum Gasteiger partial charge on any atom is -0.313 e. The summed E-state index contributed by atoms with van der Waals surface area (Å²) in [5, 5.41) is 0. The van der Waals surface area contributed by atoms with Crippen molar-refractivity contribution in [3.05, 3.63) is 68.5 Å². The molecule has 0 aliphatic carbocycles. The van der Waals surface area contributed by atoms with Gasteiger partial charge >= 0.3 is 0 Å². The zero-order valence-corrected chi connectivity index (χ0v) is 20.1. The first kappa shape index (κ1) is 25.9. The van der Waals surface area contributed by atoms with Gasteiger partial charge in [0.1, 0.15) is 0 Å². The highest BCUT2D eigenvalue weighted by Crippen LogP contribution is 2.07. The summed E-state index contributed by atoms with van der Waals surface area (Å²) in [6, 6.07) is 9.50. The van der Waals surface area contributed by atoms with Gasteiger partial charge in [-0.3, -0.25) is 9.59 Å². The molecule has 2 aromatic rings. The van der Waals surface area contributed by atoms with Gasteiger partial charge < -0.3 is 18.9 Å². The molecule has 0 amide bonds. The zero-order chi connectivity index (χ0) is 22.8. The number of aromatic nitrogens is 2. The normalized spacial score (nSPS) is 11.3. The molecule has 0 bridgehead atoms. The van der Waals surface area contributed by atoms with Crippen LogP contribution in [-0.4, -0.2) is 53.7 Å². The molecule has 0 aliphatic rings. The molecule has 0 spiro atoms. The smallest absolute Gasteiger partial charge is 0.250 e. The molecular formula is C24H40N4O2. The Balaban J connectivity index is 0.000000303. The van der Waals surface area contributed by atoms with Crippen molar-refractivity contribution >= 4 is 0 Å². The monoisotopic (exact) mass is 416 g/mol. The van der Waals surface area contributed by atoms with Gasteiger partial charge in [-0.25, -0.2) is 0 Å². The molecule has 0 fully saturated rings. The molecule has 6 nitrogen and oxygen atoms in total. The number of rotatable bonds is 8. The van der Waals surface area contributed by atoms with Gasteiger partial charge in [0.15, 0.2) is 0 Å². The number of nitrogens with zero attached hydrogens (tertiary/aromatic N) is 4. The van der Waals surface area contributed by atoms with Gasteiger partial charge in [0.25, 0.3) is 11.1 Å². The molecule has 6 heteroatoms. The maximum atomic E-state index is 11.6. The molecule has 0 aliphatic heterocycles. The van der Waals surface area contributed by atoms with Gasteiger partial charge in [-0.1, -0.05) is 12.1 Å². The van der Waals surface area contributed by atoms with E-state index < -0.39 is 0 Å². The van der Waals surface area contributed by atoms with Crippen LogP contribution >= 0.6 is 0 Å². The van der Waals surface area contributed by atoms with E-state index >= 15 is 0 Å². The molecule has 0 N–H and O–H groups in total. The second kappa shape index (κ2) is 12.5. The molecule has 0 unspecified atom stereocenters. The lowest BCUT2D eigenvalue weighted by atomic mass is 10.1. The fraction of sp³-hybridized carbons (Fsp3) is 0.583. The quantitative estimate of drug-likeness (QED) is 0.662.